The average Bonchev–Trinajstić information content (AvgIpc) is 2.67. The van der Waals surface area contributed by atoms with Crippen molar-refractivity contribution in [2.75, 3.05) is 0 Å². The number of aryl methyl sites for hydroxylation is 3. The molecule has 0 fully saturated rings. The van der Waals surface area contributed by atoms with E-state index in [1.54, 1.807) is 11.3 Å². The molecule has 2 N–H and O–H groups in total. The summed E-state index contributed by atoms with van der Waals surface area (Å²) in [4.78, 5) is 1.27. The van der Waals surface area contributed by atoms with Gasteiger partial charge in [0.25, 0.3) is 0 Å². The molecule has 2 rings (SSSR count). The van der Waals surface area contributed by atoms with E-state index in [2.05, 4.69) is 28.6 Å². The third-order valence-electron chi connectivity index (χ3n) is 2.71. The molecule has 1 unspecified atom stereocenters. The van der Waals surface area contributed by atoms with Crippen molar-refractivity contribution in [3.8, 4) is 0 Å². The first-order valence-corrected chi connectivity index (χ1v) is 6.08. The Hall–Kier alpha value is -1.26. The van der Waals surface area contributed by atoms with Gasteiger partial charge in [0.2, 0.25) is 0 Å². The van der Waals surface area contributed by atoms with E-state index < -0.39 is 0 Å². The van der Waals surface area contributed by atoms with Crippen molar-refractivity contribution in [1.82, 2.24) is 10.2 Å². The fourth-order valence-corrected chi connectivity index (χ4v) is 2.52. The summed E-state index contributed by atoms with van der Waals surface area (Å²) in [5.74, 6) is 0. The Kier molecular flexibility index (Phi) is 3.03. The van der Waals surface area contributed by atoms with Gasteiger partial charge in [-0.1, -0.05) is 0 Å². The van der Waals surface area contributed by atoms with Gasteiger partial charge in [-0.15, -0.1) is 11.3 Å². The first-order valence-electron chi connectivity index (χ1n) is 5.20. The van der Waals surface area contributed by atoms with Gasteiger partial charge in [-0.2, -0.15) is 10.2 Å². The molecule has 0 saturated carbocycles. The Balaban J connectivity index is 2.45. The van der Waals surface area contributed by atoms with Crippen molar-refractivity contribution in [3.63, 3.8) is 0 Å². The van der Waals surface area contributed by atoms with Crippen LogP contribution in [0.5, 0.6) is 0 Å². The Morgan fingerprint density at radius 2 is 1.94 bits per heavy atom. The van der Waals surface area contributed by atoms with E-state index in [1.165, 1.54) is 10.4 Å². The SMILES string of the molecule is Cc1cc(C(N)c2ccsc2C)c(C)nn1. The summed E-state index contributed by atoms with van der Waals surface area (Å²) >= 11 is 1.72. The standard InChI is InChI=1S/C12H15N3S/c1-7-6-11(8(2)15-14-7)12(13)10-4-5-16-9(10)3/h4-6,12H,13H2,1-3H3. The Morgan fingerprint density at radius 1 is 1.19 bits per heavy atom. The smallest absolute Gasteiger partial charge is 0.0651 e. The first-order chi connectivity index (χ1) is 7.59. The van der Waals surface area contributed by atoms with Crippen LogP contribution in [0.1, 0.15) is 33.4 Å². The van der Waals surface area contributed by atoms with Crippen LogP contribution >= 0.6 is 11.3 Å². The second-order valence-corrected chi connectivity index (χ2v) is 5.06. The molecular weight excluding hydrogens is 218 g/mol. The largest absolute Gasteiger partial charge is 0.320 e. The Labute approximate surface area is 99.3 Å². The van der Waals surface area contributed by atoms with E-state index in [4.69, 9.17) is 5.73 Å². The Bertz CT molecular complexity index is 505. The molecule has 3 nitrogen and oxygen atoms in total. The number of rotatable bonds is 2. The molecule has 0 spiro atoms. The molecule has 2 aromatic rings. The van der Waals surface area contributed by atoms with E-state index in [0.29, 0.717) is 0 Å². The lowest BCUT2D eigenvalue weighted by molar-refractivity contribution is 0.812. The lowest BCUT2D eigenvalue weighted by atomic mass is 9.99. The zero-order valence-electron chi connectivity index (χ0n) is 9.69. The minimum atomic E-state index is -0.0968. The van der Waals surface area contributed by atoms with Crippen molar-refractivity contribution in [3.05, 3.63) is 44.9 Å². The number of thiophene rings is 1. The fraction of sp³-hybridized carbons (Fsp3) is 0.333. The summed E-state index contributed by atoms with van der Waals surface area (Å²) in [6.45, 7) is 5.98. The summed E-state index contributed by atoms with van der Waals surface area (Å²) in [7, 11) is 0. The number of nitrogens with zero attached hydrogens (tertiary/aromatic N) is 2. The topological polar surface area (TPSA) is 51.8 Å². The van der Waals surface area contributed by atoms with Crippen molar-refractivity contribution in [1.29, 1.82) is 0 Å². The number of hydrogen-bond donors (Lipinski definition) is 1. The highest BCUT2D eigenvalue weighted by atomic mass is 32.1. The van der Waals surface area contributed by atoms with Crippen LogP contribution in [0.25, 0.3) is 0 Å². The molecule has 16 heavy (non-hydrogen) atoms. The molecule has 2 aromatic heterocycles. The highest BCUT2D eigenvalue weighted by Crippen LogP contribution is 2.27. The van der Waals surface area contributed by atoms with Crippen molar-refractivity contribution in [2.24, 2.45) is 5.73 Å². The number of aromatic nitrogens is 2. The van der Waals surface area contributed by atoms with Gasteiger partial charge in [-0.25, -0.2) is 0 Å². The molecule has 0 aliphatic heterocycles. The van der Waals surface area contributed by atoms with Gasteiger partial charge < -0.3 is 5.73 Å². The third-order valence-corrected chi connectivity index (χ3v) is 3.57. The van der Waals surface area contributed by atoms with E-state index in [1.807, 2.05) is 19.9 Å². The molecular formula is C12H15N3S. The highest BCUT2D eigenvalue weighted by Gasteiger charge is 2.15. The van der Waals surface area contributed by atoms with Crippen molar-refractivity contribution < 1.29 is 0 Å². The predicted molar refractivity (Wildman–Crippen MR) is 66.6 cm³/mol. The lowest BCUT2D eigenvalue weighted by Gasteiger charge is -2.14. The second-order valence-electron chi connectivity index (χ2n) is 3.94. The summed E-state index contributed by atoms with van der Waals surface area (Å²) in [6.07, 6.45) is 0. The van der Waals surface area contributed by atoms with Crippen LogP contribution in [0.15, 0.2) is 17.5 Å². The van der Waals surface area contributed by atoms with Crippen molar-refractivity contribution in [2.45, 2.75) is 26.8 Å². The maximum absolute atomic E-state index is 6.27. The molecule has 0 aliphatic rings. The third kappa shape index (κ3) is 1.99. The average molecular weight is 233 g/mol. The Morgan fingerprint density at radius 3 is 2.56 bits per heavy atom. The fourth-order valence-electron chi connectivity index (χ4n) is 1.77. The van der Waals surface area contributed by atoms with Gasteiger partial charge in [0.15, 0.2) is 0 Å². The predicted octanol–water partition coefficient (Wildman–Crippen LogP) is 2.51. The van der Waals surface area contributed by atoms with Gasteiger partial charge in [-0.3, -0.25) is 0 Å². The van der Waals surface area contributed by atoms with E-state index in [0.717, 1.165) is 17.0 Å². The van der Waals surface area contributed by atoms with E-state index >= 15 is 0 Å². The van der Waals surface area contributed by atoms with Crippen LogP contribution in [0, 0.1) is 20.8 Å². The molecule has 2 heterocycles. The summed E-state index contributed by atoms with van der Waals surface area (Å²) in [5.41, 5.74) is 10.3. The molecule has 0 saturated heterocycles. The van der Waals surface area contributed by atoms with Crippen LogP contribution < -0.4 is 5.73 Å². The molecule has 0 radical (unpaired) electrons. The van der Waals surface area contributed by atoms with Gasteiger partial charge in [0.05, 0.1) is 17.4 Å². The maximum Gasteiger partial charge on any atom is 0.0651 e. The van der Waals surface area contributed by atoms with Gasteiger partial charge >= 0.3 is 0 Å². The quantitative estimate of drug-likeness (QED) is 0.867. The van der Waals surface area contributed by atoms with E-state index in [-0.39, 0.29) is 6.04 Å². The summed E-state index contributed by atoms with van der Waals surface area (Å²) in [6, 6.07) is 4.00. The molecule has 0 aromatic carbocycles. The molecule has 0 amide bonds. The van der Waals surface area contributed by atoms with Gasteiger partial charge in [0, 0.05) is 4.88 Å². The van der Waals surface area contributed by atoms with E-state index in [9.17, 15) is 0 Å². The van der Waals surface area contributed by atoms with Gasteiger partial charge in [0.1, 0.15) is 0 Å². The summed E-state index contributed by atoms with van der Waals surface area (Å²) < 4.78 is 0. The summed E-state index contributed by atoms with van der Waals surface area (Å²) in [5, 5.41) is 10.2. The molecule has 4 heteroatoms. The maximum atomic E-state index is 6.27. The molecule has 1 atom stereocenters. The highest BCUT2D eigenvalue weighted by molar-refractivity contribution is 7.10. The number of nitrogens with two attached hydrogens (primary N) is 1. The van der Waals surface area contributed by atoms with Gasteiger partial charge in [-0.05, 0) is 49.4 Å². The monoisotopic (exact) mass is 233 g/mol. The van der Waals surface area contributed by atoms with Crippen LogP contribution in [0.3, 0.4) is 0 Å². The minimum absolute atomic E-state index is 0.0968. The van der Waals surface area contributed by atoms with Crippen LogP contribution in [0.4, 0.5) is 0 Å². The van der Waals surface area contributed by atoms with Crippen LogP contribution in [-0.2, 0) is 0 Å². The molecule has 0 aliphatic carbocycles. The molecule has 84 valence electrons. The first kappa shape index (κ1) is 11.2. The number of hydrogen-bond acceptors (Lipinski definition) is 4. The lowest BCUT2D eigenvalue weighted by Crippen LogP contribution is -2.15. The zero-order valence-corrected chi connectivity index (χ0v) is 10.5. The van der Waals surface area contributed by atoms with Crippen LogP contribution in [0.2, 0.25) is 0 Å². The molecule has 0 bridgehead atoms. The van der Waals surface area contributed by atoms with Crippen LogP contribution in [-0.4, -0.2) is 10.2 Å². The minimum Gasteiger partial charge on any atom is -0.320 e. The second kappa shape index (κ2) is 4.31. The normalized spacial score (nSPS) is 12.8. The van der Waals surface area contributed by atoms with Crippen molar-refractivity contribution >= 4 is 11.3 Å². The zero-order chi connectivity index (χ0) is 11.7.